The summed E-state index contributed by atoms with van der Waals surface area (Å²) in [5.41, 5.74) is 1.80. The summed E-state index contributed by atoms with van der Waals surface area (Å²) in [6.07, 6.45) is 11.5. The number of likely N-dealkylation sites (tertiary alicyclic amines) is 1. The van der Waals surface area contributed by atoms with E-state index in [1.807, 2.05) is 45.0 Å². The van der Waals surface area contributed by atoms with E-state index >= 15 is 0 Å². The molecule has 1 aromatic rings. The Hall–Kier alpha value is -1.75. The lowest BCUT2D eigenvalue weighted by Gasteiger charge is -2.29. The maximum atomic E-state index is 13.1. The lowest BCUT2D eigenvalue weighted by Crippen LogP contribution is -2.46. The molecule has 0 bridgehead atoms. The monoisotopic (exact) mass is 603 g/mol. The van der Waals surface area contributed by atoms with Crippen LogP contribution in [0.15, 0.2) is 24.3 Å². The molecule has 3 heterocycles. The van der Waals surface area contributed by atoms with Crippen molar-refractivity contribution in [2.45, 2.75) is 128 Å². The van der Waals surface area contributed by atoms with Crippen molar-refractivity contribution < 1.29 is 28.5 Å². The van der Waals surface area contributed by atoms with E-state index in [0.29, 0.717) is 18.8 Å². The second-order valence-corrected chi connectivity index (χ2v) is 13.0. The van der Waals surface area contributed by atoms with E-state index in [-0.39, 0.29) is 6.61 Å². The van der Waals surface area contributed by atoms with E-state index in [1.54, 1.807) is 0 Å². The van der Waals surface area contributed by atoms with Crippen molar-refractivity contribution in [3.8, 4) is 0 Å². The molecule has 2 N–H and O–H groups in total. The third-order valence-corrected chi connectivity index (χ3v) is 8.66. The van der Waals surface area contributed by atoms with Crippen molar-refractivity contribution in [1.29, 1.82) is 0 Å². The van der Waals surface area contributed by atoms with E-state index in [0.717, 1.165) is 44.6 Å². The van der Waals surface area contributed by atoms with Crippen LogP contribution in [-0.4, -0.2) is 86.8 Å². The zero-order chi connectivity index (χ0) is 30.5. The minimum Gasteiger partial charge on any atom is -0.440 e. The first-order valence-electron chi connectivity index (χ1n) is 16.9. The Morgan fingerprint density at radius 3 is 2.40 bits per heavy atom. The van der Waals surface area contributed by atoms with Gasteiger partial charge in [0.2, 0.25) is 5.79 Å². The average molecular weight is 604 g/mol. The Morgan fingerprint density at radius 1 is 0.977 bits per heavy atom. The number of benzene rings is 1. The molecule has 0 radical (unpaired) electrons. The molecule has 4 rings (SSSR count). The number of hydrogen-bond donors (Lipinski definition) is 2. The van der Waals surface area contributed by atoms with Gasteiger partial charge in [0.15, 0.2) is 18.0 Å². The molecule has 0 saturated carbocycles. The number of carbonyl (C=O) groups is 1. The molecule has 0 aromatic heterocycles. The Labute approximate surface area is 259 Å². The minimum atomic E-state index is -1.14. The molecule has 3 aliphatic rings. The summed E-state index contributed by atoms with van der Waals surface area (Å²) in [6, 6.07) is 7.63. The maximum absolute atomic E-state index is 13.1. The second kappa shape index (κ2) is 17.1. The molecule has 1 amide bonds. The molecule has 3 fully saturated rings. The SMILES string of the molecule is CCCCCCCCCCOC[C@@]12O[C@@H](CNCCN3CCCCC3)[C@@H](OC(=O)Nc3ccc(C)cc3)[C@@H]1OC(C)(C)O2. The van der Waals surface area contributed by atoms with E-state index in [2.05, 4.69) is 22.5 Å². The van der Waals surface area contributed by atoms with E-state index in [1.165, 1.54) is 57.8 Å². The molecule has 0 aliphatic carbocycles. The number of fused-ring (bicyclic) bond motifs is 1. The van der Waals surface area contributed by atoms with Gasteiger partial charge in [-0.05, 0) is 65.3 Å². The lowest BCUT2D eigenvalue weighted by molar-refractivity contribution is -0.277. The van der Waals surface area contributed by atoms with E-state index < -0.39 is 36.0 Å². The predicted molar refractivity (Wildman–Crippen MR) is 169 cm³/mol. The van der Waals surface area contributed by atoms with Crippen molar-refractivity contribution in [2.24, 2.45) is 0 Å². The molecule has 0 spiro atoms. The topological polar surface area (TPSA) is 90.5 Å². The molecule has 3 saturated heterocycles. The van der Waals surface area contributed by atoms with Gasteiger partial charge in [-0.3, -0.25) is 5.32 Å². The molecule has 43 heavy (non-hydrogen) atoms. The van der Waals surface area contributed by atoms with E-state index in [4.69, 9.17) is 23.7 Å². The molecule has 4 atom stereocenters. The molecule has 0 unspecified atom stereocenters. The Bertz CT molecular complexity index is 954. The van der Waals surface area contributed by atoms with Crippen molar-refractivity contribution in [1.82, 2.24) is 10.2 Å². The van der Waals surface area contributed by atoms with Crippen LogP contribution in [0.5, 0.6) is 0 Å². The third kappa shape index (κ3) is 10.7. The summed E-state index contributed by atoms with van der Waals surface area (Å²) >= 11 is 0. The predicted octanol–water partition coefficient (Wildman–Crippen LogP) is 6.39. The first-order chi connectivity index (χ1) is 20.8. The summed E-state index contributed by atoms with van der Waals surface area (Å²) in [5, 5.41) is 6.40. The molecule has 9 nitrogen and oxygen atoms in total. The van der Waals surface area contributed by atoms with Crippen molar-refractivity contribution >= 4 is 11.8 Å². The summed E-state index contributed by atoms with van der Waals surface area (Å²) < 4.78 is 31.6. The highest BCUT2D eigenvalue weighted by Crippen LogP contribution is 2.46. The zero-order valence-electron chi connectivity index (χ0n) is 27.2. The summed E-state index contributed by atoms with van der Waals surface area (Å²) in [6.45, 7) is 13.5. The third-order valence-electron chi connectivity index (χ3n) is 8.66. The van der Waals surface area contributed by atoms with Crippen LogP contribution in [0.1, 0.15) is 97.0 Å². The van der Waals surface area contributed by atoms with Crippen LogP contribution in [-0.2, 0) is 23.7 Å². The highest BCUT2D eigenvalue weighted by molar-refractivity contribution is 5.84. The van der Waals surface area contributed by atoms with Gasteiger partial charge in [-0.2, -0.15) is 0 Å². The largest absolute Gasteiger partial charge is 0.440 e. The first-order valence-corrected chi connectivity index (χ1v) is 16.9. The molecule has 9 heteroatoms. The van der Waals surface area contributed by atoms with Gasteiger partial charge in [0.1, 0.15) is 12.7 Å². The van der Waals surface area contributed by atoms with Crippen molar-refractivity contribution in [3.63, 3.8) is 0 Å². The number of nitrogens with zero attached hydrogens (tertiary/aromatic N) is 1. The zero-order valence-corrected chi connectivity index (χ0v) is 27.2. The molecule has 3 aliphatic heterocycles. The van der Waals surface area contributed by atoms with Gasteiger partial charge in [-0.1, -0.05) is 76.0 Å². The average Bonchev–Trinajstić information content (AvgIpc) is 3.40. The van der Waals surface area contributed by atoms with Crippen molar-refractivity contribution in [3.05, 3.63) is 29.8 Å². The highest BCUT2D eigenvalue weighted by Gasteiger charge is 2.66. The Kier molecular flexibility index (Phi) is 13.6. The fraction of sp³-hybridized carbons (Fsp3) is 0.794. The van der Waals surface area contributed by atoms with Crippen LogP contribution in [0.4, 0.5) is 10.5 Å². The van der Waals surface area contributed by atoms with Crippen LogP contribution in [0, 0.1) is 6.92 Å². The number of rotatable bonds is 18. The number of amides is 1. The van der Waals surface area contributed by atoms with Crippen molar-refractivity contribution in [2.75, 3.05) is 51.3 Å². The lowest BCUT2D eigenvalue weighted by atomic mass is 10.1. The Balaban J connectivity index is 1.34. The molecular weight excluding hydrogens is 546 g/mol. The first kappa shape index (κ1) is 34.1. The highest BCUT2D eigenvalue weighted by atomic mass is 16.9. The number of aryl methyl sites for hydroxylation is 1. The van der Waals surface area contributed by atoms with Gasteiger partial charge in [-0.25, -0.2) is 4.79 Å². The number of hydrogen-bond acceptors (Lipinski definition) is 8. The maximum Gasteiger partial charge on any atom is 0.412 e. The summed E-state index contributed by atoms with van der Waals surface area (Å²) in [4.78, 5) is 15.6. The minimum absolute atomic E-state index is 0.224. The van der Waals surface area contributed by atoms with Crippen LogP contribution >= 0.6 is 0 Å². The molecule has 244 valence electrons. The number of ether oxygens (including phenoxy) is 5. The fourth-order valence-corrected chi connectivity index (χ4v) is 6.39. The smallest absolute Gasteiger partial charge is 0.412 e. The van der Waals surface area contributed by atoms with Gasteiger partial charge in [0.25, 0.3) is 0 Å². The molecular formula is C34H57N3O6. The normalized spacial score (nSPS) is 26.8. The number of unbranched alkanes of at least 4 members (excludes halogenated alkanes) is 7. The fourth-order valence-electron chi connectivity index (χ4n) is 6.39. The van der Waals surface area contributed by atoms with Gasteiger partial charge in [0, 0.05) is 31.9 Å². The second-order valence-electron chi connectivity index (χ2n) is 13.0. The van der Waals surface area contributed by atoms with Gasteiger partial charge in [0.05, 0.1) is 0 Å². The van der Waals surface area contributed by atoms with Gasteiger partial charge in [-0.15, -0.1) is 0 Å². The summed E-state index contributed by atoms with van der Waals surface area (Å²) in [7, 11) is 0. The quantitative estimate of drug-likeness (QED) is 0.187. The Morgan fingerprint density at radius 2 is 1.67 bits per heavy atom. The van der Waals surface area contributed by atoms with Crippen LogP contribution in [0.3, 0.4) is 0 Å². The van der Waals surface area contributed by atoms with Crippen LogP contribution < -0.4 is 10.6 Å². The standard InChI is InChI=1S/C34H57N3O6/c1-5-6-7-8-9-10-11-15-24-39-26-34-31(42-33(3,4)43-34)30(40-32(38)36-28-18-16-27(2)17-19-28)29(41-34)25-35-20-23-37-21-13-12-14-22-37/h16-19,29-31,35H,5-15,20-26H2,1-4H3,(H,36,38)/t29-,30+,31-,34-/m0/s1. The number of nitrogens with one attached hydrogen (secondary N) is 2. The molecule has 1 aromatic carbocycles. The summed E-state index contributed by atoms with van der Waals surface area (Å²) in [5.74, 6) is -2.04. The number of carbonyl (C=O) groups excluding carboxylic acids is 1. The van der Waals surface area contributed by atoms with Gasteiger partial charge < -0.3 is 33.9 Å². The van der Waals surface area contributed by atoms with E-state index in [9.17, 15) is 4.79 Å². The number of anilines is 1. The van der Waals surface area contributed by atoms with Crippen LogP contribution in [0.2, 0.25) is 0 Å². The van der Waals surface area contributed by atoms with Gasteiger partial charge >= 0.3 is 6.09 Å². The van der Waals surface area contributed by atoms with Crippen LogP contribution in [0.25, 0.3) is 0 Å². The number of piperidine rings is 1.